The van der Waals surface area contributed by atoms with Crippen molar-refractivity contribution in [1.29, 1.82) is 0 Å². The van der Waals surface area contributed by atoms with Crippen molar-refractivity contribution < 1.29 is 4.79 Å². The van der Waals surface area contributed by atoms with Gasteiger partial charge in [0.15, 0.2) is 0 Å². The Hall–Kier alpha value is -2.43. The summed E-state index contributed by atoms with van der Waals surface area (Å²) in [6.45, 7) is 1.87. The van der Waals surface area contributed by atoms with E-state index in [0.717, 1.165) is 48.2 Å². The molecule has 0 atom stereocenters. The topological polar surface area (TPSA) is 64.0 Å². The van der Waals surface area contributed by atoms with Crippen LogP contribution in [0.2, 0.25) is 0 Å². The molecule has 0 fully saturated rings. The highest BCUT2D eigenvalue weighted by atomic mass is 16.2. The molecule has 1 aliphatic carbocycles. The number of nitrogens with zero attached hydrogens (tertiary/aromatic N) is 2. The van der Waals surface area contributed by atoms with Gasteiger partial charge in [0, 0.05) is 11.8 Å². The van der Waals surface area contributed by atoms with Crippen LogP contribution in [0.25, 0.3) is 0 Å². The zero-order valence-corrected chi connectivity index (χ0v) is 12.6. The maximum Gasteiger partial charge on any atom is 0.267 e. The molecule has 0 bridgehead atoms. The standard InChI is InChI=1S/C17H19N3O2/c1-12-6-2-4-8-14(12)18-16(21)11-20-17(22)10-13-7-3-5-9-15(13)19-20/h2,4,6,8,10H,3,5,7,9,11H2,1H3,(H,18,21). The van der Waals surface area contributed by atoms with Gasteiger partial charge in [-0.2, -0.15) is 5.10 Å². The van der Waals surface area contributed by atoms with Gasteiger partial charge in [0.25, 0.3) is 5.56 Å². The summed E-state index contributed by atoms with van der Waals surface area (Å²) in [4.78, 5) is 24.2. The molecule has 0 spiro atoms. The average molecular weight is 297 g/mol. The molecule has 1 aromatic heterocycles. The van der Waals surface area contributed by atoms with Gasteiger partial charge in [0.2, 0.25) is 5.91 Å². The lowest BCUT2D eigenvalue weighted by molar-refractivity contribution is -0.117. The lowest BCUT2D eigenvalue weighted by Gasteiger charge is -2.16. The number of hydrogen-bond acceptors (Lipinski definition) is 3. The summed E-state index contributed by atoms with van der Waals surface area (Å²) < 4.78 is 1.26. The Bertz CT molecular complexity index is 765. The highest BCUT2D eigenvalue weighted by Gasteiger charge is 2.14. The van der Waals surface area contributed by atoms with E-state index in [0.29, 0.717) is 0 Å². The Morgan fingerprint density at radius 3 is 2.86 bits per heavy atom. The first kappa shape index (κ1) is 14.5. The second-order valence-corrected chi connectivity index (χ2v) is 5.68. The summed E-state index contributed by atoms with van der Waals surface area (Å²) in [6.07, 6.45) is 3.99. The van der Waals surface area contributed by atoms with E-state index in [4.69, 9.17) is 0 Å². The lowest BCUT2D eigenvalue weighted by atomic mass is 9.97. The van der Waals surface area contributed by atoms with Gasteiger partial charge in [0.1, 0.15) is 6.54 Å². The summed E-state index contributed by atoms with van der Waals surface area (Å²) in [6, 6.07) is 9.18. The maximum absolute atomic E-state index is 12.1. The molecule has 2 aromatic rings. The molecule has 22 heavy (non-hydrogen) atoms. The Morgan fingerprint density at radius 2 is 2.05 bits per heavy atom. The SMILES string of the molecule is Cc1ccccc1NC(=O)Cn1nc2c(cc1=O)CCCC2. The van der Waals surface area contributed by atoms with Crippen molar-refractivity contribution in [2.75, 3.05) is 5.32 Å². The Balaban J connectivity index is 1.77. The van der Waals surface area contributed by atoms with Crippen molar-refractivity contribution in [1.82, 2.24) is 9.78 Å². The summed E-state index contributed by atoms with van der Waals surface area (Å²) in [7, 11) is 0. The van der Waals surface area contributed by atoms with E-state index in [9.17, 15) is 9.59 Å². The van der Waals surface area contributed by atoms with E-state index in [1.807, 2.05) is 31.2 Å². The van der Waals surface area contributed by atoms with Crippen molar-refractivity contribution in [3.8, 4) is 0 Å². The molecule has 0 radical (unpaired) electrons. The van der Waals surface area contributed by atoms with Gasteiger partial charge in [-0.15, -0.1) is 0 Å². The van der Waals surface area contributed by atoms with Crippen molar-refractivity contribution in [2.45, 2.75) is 39.2 Å². The number of benzene rings is 1. The van der Waals surface area contributed by atoms with Gasteiger partial charge < -0.3 is 5.32 Å². The number of carbonyl (C=O) groups is 1. The molecule has 0 saturated heterocycles. The van der Waals surface area contributed by atoms with Crippen molar-refractivity contribution in [3.05, 3.63) is 57.5 Å². The van der Waals surface area contributed by atoms with E-state index in [1.54, 1.807) is 6.07 Å². The van der Waals surface area contributed by atoms with Crippen LogP contribution in [0, 0.1) is 6.92 Å². The second kappa shape index (κ2) is 6.13. The number of rotatable bonds is 3. The molecule has 1 heterocycles. The normalized spacial score (nSPS) is 13.5. The number of nitrogens with one attached hydrogen (secondary N) is 1. The van der Waals surface area contributed by atoms with Gasteiger partial charge >= 0.3 is 0 Å². The van der Waals surface area contributed by atoms with Crippen LogP contribution < -0.4 is 10.9 Å². The van der Waals surface area contributed by atoms with Gasteiger partial charge in [-0.25, -0.2) is 4.68 Å². The predicted molar refractivity (Wildman–Crippen MR) is 84.9 cm³/mol. The Kier molecular flexibility index (Phi) is 4.04. The lowest BCUT2D eigenvalue weighted by Crippen LogP contribution is -2.31. The van der Waals surface area contributed by atoms with Crippen LogP contribution in [0.5, 0.6) is 0 Å². The highest BCUT2D eigenvalue weighted by Crippen LogP contribution is 2.17. The Labute approximate surface area is 129 Å². The van der Waals surface area contributed by atoms with E-state index in [2.05, 4.69) is 10.4 Å². The van der Waals surface area contributed by atoms with Crippen LogP contribution in [0.4, 0.5) is 5.69 Å². The number of aromatic nitrogens is 2. The summed E-state index contributed by atoms with van der Waals surface area (Å²) >= 11 is 0. The summed E-state index contributed by atoms with van der Waals surface area (Å²) in [5, 5.41) is 7.19. The molecule has 1 aromatic carbocycles. The number of fused-ring (bicyclic) bond motifs is 1. The number of para-hydroxylation sites is 1. The fourth-order valence-electron chi connectivity index (χ4n) is 2.75. The van der Waals surface area contributed by atoms with Gasteiger partial charge in [0.05, 0.1) is 5.69 Å². The predicted octanol–water partition coefficient (Wildman–Crippen LogP) is 2.07. The number of anilines is 1. The Morgan fingerprint density at radius 1 is 1.27 bits per heavy atom. The van der Waals surface area contributed by atoms with Crippen molar-refractivity contribution in [2.24, 2.45) is 0 Å². The van der Waals surface area contributed by atoms with E-state index >= 15 is 0 Å². The monoisotopic (exact) mass is 297 g/mol. The van der Waals surface area contributed by atoms with Crippen LogP contribution >= 0.6 is 0 Å². The second-order valence-electron chi connectivity index (χ2n) is 5.68. The molecule has 0 unspecified atom stereocenters. The smallest absolute Gasteiger partial charge is 0.267 e. The van der Waals surface area contributed by atoms with E-state index in [1.165, 1.54) is 4.68 Å². The van der Waals surface area contributed by atoms with Gasteiger partial charge in [-0.05, 0) is 49.8 Å². The third-order valence-electron chi connectivity index (χ3n) is 3.99. The molecule has 114 valence electrons. The first-order chi connectivity index (χ1) is 10.6. The molecular formula is C17H19N3O2. The molecule has 5 nitrogen and oxygen atoms in total. The molecule has 3 rings (SSSR count). The first-order valence-corrected chi connectivity index (χ1v) is 7.59. The molecule has 1 amide bonds. The number of amides is 1. The number of hydrogen-bond donors (Lipinski definition) is 1. The highest BCUT2D eigenvalue weighted by molar-refractivity contribution is 5.91. The van der Waals surface area contributed by atoms with Gasteiger partial charge in [-0.1, -0.05) is 18.2 Å². The number of carbonyl (C=O) groups excluding carboxylic acids is 1. The van der Waals surface area contributed by atoms with Crippen LogP contribution in [0.3, 0.4) is 0 Å². The zero-order valence-electron chi connectivity index (χ0n) is 12.6. The largest absolute Gasteiger partial charge is 0.324 e. The minimum absolute atomic E-state index is 0.0551. The maximum atomic E-state index is 12.1. The average Bonchev–Trinajstić information content (AvgIpc) is 2.50. The van der Waals surface area contributed by atoms with Crippen LogP contribution in [-0.4, -0.2) is 15.7 Å². The number of aryl methyl sites for hydroxylation is 3. The minimum Gasteiger partial charge on any atom is -0.324 e. The molecule has 0 saturated carbocycles. The third-order valence-corrected chi connectivity index (χ3v) is 3.99. The fraction of sp³-hybridized carbons (Fsp3) is 0.353. The third kappa shape index (κ3) is 3.08. The van der Waals surface area contributed by atoms with Crippen molar-refractivity contribution >= 4 is 11.6 Å². The summed E-state index contributed by atoms with van der Waals surface area (Å²) in [5.74, 6) is -0.236. The van der Waals surface area contributed by atoms with Crippen LogP contribution in [0.15, 0.2) is 35.1 Å². The van der Waals surface area contributed by atoms with Crippen molar-refractivity contribution in [3.63, 3.8) is 0 Å². The zero-order chi connectivity index (χ0) is 15.5. The molecule has 5 heteroatoms. The summed E-state index contributed by atoms with van der Waals surface area (Å²) in [5.41, 5.74) is 3.53. The van der Waals surface area contributed by atoms with Gasteiger partial charge in [-0.3, -0.25) is 9.59 Å². The molecule has 1 N–H and O–H groups in total. The van der Waals surface area contributed by atoms with Crippen LogP contribution in [0.1, 0.15) is 29.7 Å². The quantitative estimate of drug-likeness (QED) is 0.943. The first-order valence-electron chi connectivity index (χ1n) is 7.59. The molecular weight excluding hydrogens is 278 g/mol. The van der Waals surface area contributed by atoms with E-state index in [-0.39, 0.29) is 18.0 Å². The molecule has 0 aliphatic heterocycles. The van der Waals surface area contributed by atoms with Crippen LogP contribution in [-0.2, 0) is 24.2 Å². The van der Waals surface area contributed by atoms with E-state index < -0.39 is 0 Å². The molecule has 1 aliphatic rings. The fourth-order valence-corrected chi connectivity index (χ4v) is 2.75. The minimum atomic E-state index is -0.236.